The minimum Gasteiger partial charge on any atom is -0.344 e. The summed E-state index contributed by atoms with van der Waals surface area (Å²) in [6.45, 7) is 6.87. The Hall–Kier alpha value is -3.85. The second-order valence-electron chi connectivity index (χ2n) is 8.94. The van der Waals surface area contributed by atoms with E-state index in [-0.39, 0.29) is 11.9 Å². The summed E-state index contributed by atoms with van der Waals surface area (Å²) in [6, 6.07) is 15.9. The number of anilines is 1. The lowest BCUT2D eigenvalue weighted by Crippen LogP contribution is -2.48. The molecule has 0 N–H and O–H groups in total. The fraction of sp³-hybridized carbons (Fsp3) is 0.269. The molecule has 0 aliphatic carbocycles. The van der Waals surface area contributed by atoms with E-state index in [0.717, 1.165) is 50.9 Å². The molecule has 0 unspecified atom stereocenters. The lowest BCUT2D eigenvalue weighted by molar-refractivity contribution is 0.0748. The van der Waals surface area contributed by atoms with Crippen molar-refractivity contribution in [2.45, 2.75) is 19.9 Å². The summed E-state index contributed by atoms with van der Waals surface area (Å²) in [5.74, 6) is 0.0171. The van der Waals surface area contributed by atoms with Crippen molar-refractivity contribution in [3.05, 3.63) is 66.5 Å². The van der Waals surface area contributed by atoms with Gasteiger partial charge in [0.1, 0.15) is 10.3 Å². The first-order valence-corrected chi connectivity index (χ1v) is 12.6. The molecule has 5 aromatic rings. The van der Waals surface area contributed by atoms with Crippen LogP contribution in [0.5, 0.6) is 0 Å². The maximum absolute atomic E-state index is 13.8. The van der Waals surface area contributed by atoms with Crippen LogP contribution in [0.2, 0.25) is 0 Å². The van der Waals surface area contributed by atoms with E-state index in [1.54, 1.807) is 23.7 Å². The number of benzene rings is 1. The van der Waals surface area contributed by atoms with Crippen LogP contribution in [-0.2, 0) is 0 Å². The highest BCUT2D eigenvalue weighted by Crippen LogP contribution is 2.30. The quantitative estimate of drug-likeness (QED) is 0.370. The number of hydrogen-bond acceptors (Lipinski definition) is 7. The van der Waals surface area contributed by atoms with Crippen LogP contribution in [-0.4, -0.2) is 61.7 Å². The number of carbonyl (C=O) groups excluding carboxylic acids is 1. The van der Waals surface area contributed by atoms with Crippen molar-refractivity contribution < 1.29 is 4.79 Å². The zero-order chi connectivity index (χ0) is 23.9. The van der Waals surface area contributed by atoms with E-state index in [0.29, 0.717) is 18.7 Å². The molecule has 1 aliphatic heterocycles. The number of piperazine rings is 1. The molecule has 6 rings (SSSR count). The van der Waals surface area contributed by atoms with Crippen molar-refractivity contribution in [1.82, 2.24) is 29.6 Å². The Morgan fingerprint density at radius 2 is 1.80 bits per heavy atom. The number of pyridine rings is 2. The minimum absolute atomic E-state index is 0.0171. The Labute approximate surface area is 206 Å². The Balaban J connectivity index is 1.30. The summed E-state index contributed by atoms with van der Waals surface area (Å²) < 4.78 is 1.89. The molecule has 176 valence electrons. The summed E-state index contributed by atoms with van der Waals surface area (Å²) in [5.41, 5.74) is 4.07. The molecule has 9 heteroatoms. The maximum Gasteiger partial charge on any atom is 0.254 e. The van der Waals surface area contributed by atoms with Crippen molar-refractivity contribution >= 4 is 43.8 Å². The predicted molar refractivity (Wildman–Crippen MR) is 139 cm³/mol. The third-order valence-corrected chi connectivity index (χ3v) is 7.39. The van der Waals surface area contributed by atoms with Gasteiger partial charge in [-0.3, -0.25) is 4.79 Å². The van der Waals surface area contributed by atoms with Crippen LogP contribution in [0.1, 0.15) is 30.2 Å². The third-order valence-electron chi connectivity index (χ3n) is 6.35. The lowest BCUT2D eigenvalue weighted by Gasteiger charge is -2.34. The molecule has 0 saturated carbocycles. The fourth-order valence-corrected chi connectivity index (χ4v) is 5.45. The number of nitrogens with zero attached hydrogens (tertiary/aromatic N) is 7. The number of carbonyl (C=O) groups is 1. The fourth-order valence-electron chi connectivity index (χ4n) is 4.49. The van der Waals surface area contributed by atoms with E-state index in [4.69, 9.17) is 9.97 Å². The maximum atomic E-state index is 13.8. The van der Waals surface area contributed by atoms with Gasteiger partial charge in [-0.15, -0.1) is 0 Å². The number of aromatic nitrogens is 5. The zero-order valence-corrected chi connectivity index (χ0v) is 20.4. The molecule has 35 heavy (non-hydrogen) atoms. The molecule has 1 fully saturated rings. The van der Waals surface area contributed by atoms with E-state index in [2.05, 4.69) is 28.8 Å². The molecule has 1 aliphatic rings. The van der Waals surface area contributed by atoms with Gasteiger partial charge in [0.25, 0.3) is 5.91 Å². The molecule has 5 heterocycles. The number of amides is 1. The Kier molecular flexibility index (Phi) is 5.41. The molecule has 4 aromatic heterocycles. The van der Waals surface area contributed by atoms with Crippen LogP contribution >= 0.6 is 11.3 Å². The van der Waals surface area contributed by atoms with Crippen LogP contribution in [0.3, 0.4) is 0 Å². The number of rotatable bonds is 4. The first kappa shape index (κ1) is 21.7. The summed E-state index contributed by atoms with van der Waals surface area (Å²) in [6.07, 6.45) is 3.57. The van der Waals surface area contributed by atoms with Gasteiger partial charge in [-0.2, -0.15) is 5.10 Å². The van der Waals surface area contributed by atoms with Gasteiger partial charge in [-0.05, 0) is 32.0 Å². The highest BCUT2D eigenvalue weighted by Gasteiger charge is 2.27. The first-order valence-electron chi connectivity index (χ1n) is 11.8. The van der Waals surface area contributed by atoms with Crippen LogP contribution in [0, 0.1) is 0 Å². The lowest BCUT2D eigenvalue weighted by atomic mass is 10.1. The average molecular weight is 484 g/mol. The highest BCUT2D eigenvalue weighted by atomic mass is 32.1. The van der Waals surface area contributed by atoms with Gasteiger partial charge in [-0.25, -0.2) is 19.6 Å². The van der Waals surface area contributed by atoms with E-state index in [9.17, 15) is 4.79 Å². The van der Waals surface area contributed by atoms with Crippen molar-refractivity contribution in [2.24, 2.45) is 0 Å². The van der Waals surface area contributed by atoms with E-state index in [1.165, 1.54) is 0 Å². The van der Waals surface area contributed by atoms with E-state index in [1.807, 2.05) is 58.1 Å². The normalized spacial score (nSPS) is 14.4. The molecule has 1 saturated heterocycles. The van der Waals surface area contributed by atoms with Crippen molar-refractivity contribution in [3.63, 3.8) is 0 Å². The molecule has 0 spiro atoms. The van der Waals surface area contributed by atoms with Gasteiger partial charge in [0.05, 0.1) is 22.8 Å². The molecule has 0 bridgehead atoms. The standard InChI is InChI=1S/C26H25N7OS/c1-17(2)33-23-20(16-28-33)19(15-22(29-23)18-7-4-3-5-8-18)25(34)31-11-13-32(14-12-31)26-30-21-9-6-10-27-24(21)35-26/h3-10,15-17H,11-14H2,1-2H3. The summed E-state index contributed by atoms with van der Waals surface area (Å²) in [4.78, 5) is 32.9. The molecular weight excluding hydrogens is 458 g/mol. The van der Waals surface area contributed by atoms with Crippen molar-refractivity contribution in [1.29, 1.82) is 0 Å². The Bertz CT molecular complexity index is 1480. The van der Waals surface area contributed by atoms with Crippen LogP contribution in [0.25, 0.3) is 32.6 Å². The van der Waals surface area contributed by atoms with Gasteiger partial charge >= 0.3 is 0 Å². The SMILES string of the molecule is CC(C)n1ncc2c(C(=O)N3CCN(c4nc5cccnc5s4)CC3)cc(-c3ccccc3)nc21. The molecular formula is C26H25N7OS. The van der Waals surface area contributed by atoms with Gasteiger partial charge in [0.15, 0.2) is 10.8 Å². The molecule has 0 atom stereocenters. The largest absolute Gasteiger partial charge is 0.344 e. The van der Waals surface area contributed by atoms with E-state index < -0.39 is 0 Å². The Morgan fingerprint density at radius 1 is 1.00 bits per heavy atom. The van der Waals surface area contributed by atoms with E-state index >= 15 is 0 Å². The average Bonchev–Trinajstić information content (AvgIpc) is 3.53. The molecule has 1 aromatic carbocycles. The summed E-state index contributed by atoms with van der Waals surface area (Å²) >= 11 is 1.60. The van der Waals surface area contributed by atoms with Crippen LogP contribution in [0.15, 0.2) is 60.9 Å². The van der Waals surface area contributed by atoms with Crippen LogP contribution < -0.4 is 4.90 Å². The van der Waals surface area contributed by atoms with Gasteiger partial charge in [0, 0.05) is 44.0 Å². The first-order chi connectivity index (χ1) is 17.1. The topological polar surface area (TPSA) is 80.0 Å². The molecule has 1 amide bonds. The van der Waals surface area contributed by atoms with Crippen LogP contribution in [0.4, 0.5) is 5.13 Å². The smallest absolute Gasteiger partial charge is 0.254 e. The zero-order valence-electron chi connectivity index (χ0n) is 19.6. The van der Waals surface area contributed by atoms with Gasteiger partial charge < -0.3 is 9.80 Å². The number of hydrogen-bond donors (Lipinski definition) is 0. The van der Waals surface area contributed by atoms with Gasteiger partial charge in [-0.1, -0.05) is 41.7 Å². The van der Waals surface area contributed by atoms with Gasteiger partial charge in [0.2, 0.25) is 0 Å². The highest BCUT2D eigenvalue weighted by molar-refractivity contribution is 7.21. The summed E-state index contributed by atoms with van der Waals surface area (Å²) in [5, 5.41) is 6.31. The Morgan fingerprint density at radius 3 is 2.54 bits per heavy atom. The predicted octanol–water partition coefficient (Wildman–Crippen LogP) is 4.65. The monoisotopic (exact) mass is 483 g/mol. The van der Waals surface area contributed by atoms with Crippen molar-refractivity contribution in [2.75, 3.05) is 31.1 Å². The summed E-state index contributed by atoms with van der Waals surface area (Å²) in [7, 11) is 0. The molecule has 8 nitrogen and oxygen atoms in total. The second kappa shape index (κ2) is 8.74. The second-order valence-corrected chi connectivity index (χ2v) is 9.90. The number of fused-ring (bicyclic) bond motifs is 2. The minimum atomic E-state index is 0.0171. The third kappa shape index (κ3) is 3.91. The molecule has 0 radical (unpaired) electrons. The van der Waals surface area contributed by atoms with Crippen molar-refractivity contribution in [3.8, 4) is 11.3 Å². The number of thiazole rings is 1.